The minimum absolute atomic E-state index is 0.0183. The van der Waals surface area contributed by atoms with Gasteiger partial charge in [0.1, 0.15) is 11.9 Å². The van der Waals surface area contributed by atoms with Gasteiger partial charge in [0.05, 0.1) is 0 Å². The Bertz CT molecular complexity index is 1040. The predicted octanol–water partition coefficient (Wildman–Crippen LogP) is 1.89. The van der Waals surface area contributed by atoms with Crippen LogP contribution in [0.3, 0.4) is 0 Å². The Labute approximate surface area is 188 Å². The molecule has 32 heavy (non-hydrogen) atoms. The molecule has 2 aliphatic heterocycles. The fourth-order valence-corrected chi connectivity index (χ4v) is 4.64. The Morgan fingerprint density at radius 2 is 1.97 bits per heavy atom. The number of amides is 2. The Morgan fingerprint density at radius 3 is 2.72 bits per heavy atom. The van der Waals surface area contributed by atoms with Crippen molar-refractivity contribution in [1.29, 1.82) is 0 Å². The molecule has 172 valence electrons. The second kappa shape index (κ2) is 9.71. The van der Waals surface area contributed by atoms with Gasteiger partial charge in [-0.2, -0.15) is 5.10 Å². The second-order valence-electron chi connectivity index (χ2n) is 9.28. The topological polar surface area (TPSA) is 89.2 Å². The zero-order valence-electron chi connectivity index (χ0n) is 19.0. The van der Waals surface area contributed by atoms with Crippen LogP contribution in [-0.4, -0.2) is 43.6 Å². The smallest absolute Gasteiger partial charge is 0.345 e. The molecule has 0 radical (unpaired) electrons. The van der Waals surface area contributed by atoms with Crippen molar-refractivity contribution >= 4 is 11.8 Å². The summed E-state index contributed by atoms with van der Waals surface area (Å²) >= 11 is 0. The van der Waals surface area contributed by atoms with Gasteiger partial charge in [0.2, 0.25) is 11.8 Å². The van der Waals surface area contributed by atoms with E-state index in [1.54, 1.807) is 9.47 Å². The molecule has 1 unspecified atom stereocenters. The van der Waals surface area contributed by atoms with Crippen LogP contribution in [0.15, 0.2) is 29.1 Å². The second-order valence-corrected chi connectivity index (χ2v) is 9.28. The molecule has 2 aromatic rings. The van der Waals surface area contributed by atoms with E-state index in [2.05, 4.69) is 10.4 Å². The van der Waals surface area contributed by atoms with Gasteiger partial charge in [-0.05, 0) is 36.3 Å². The van der Waals surface area contributed by atoms with E-state index in [-0.39, 0.29) is 23.4 Å². The average molecular weight is 440 g/mol. The summed E-state index contributed by atoms with van der Waals surface area (Å²) in [7, 11) is 0. The lowest BCUT2D eigenvalue weighted by Gasteiger charge is -2.36. The van der Waals surface area contributed by atoms with Crippen molar-refractivity contribution in [2.45, 2.75) is 78.0 Å². The highest BCUT2D eigenvalue weighted by Gasteiger charge is 2.34. The monoisotopic (exact) mass is 439 g/mol. The van der Waals surface area contributed by atoms with Crippen LogP contribution in [0.25, 0.3) is 0 Å². The summed E-state index contributed by atoms with van der Waals surface area (Å²) in [6.07, 6.45) is 4.51. The molecule has 0 fully saturated rings. The standard InChI is InChI=1S/C24H33N5O3/c1-17(2)14-22(30)28-16-19-9-4-3-8-18(19)15-20(28)23(31)25-11-7-13-29-24(32)27-12-6-5-10-21(27)26-29/h3-4,8-9,17,20H,5-7,10-16H2,1-2H3,(H,25,31). The fourth-order valence-electron chi connectivity index (χ4n) is 4.64. The Hall–Kier alpha value is -2.90. The van der Waals surface area contributed by atoms with Crippen molar-refractivity contribution in [3.8, 4) is 0 Å². The molecule has 8 heteroatoms. The molecular weight excluding hydrogens is 406 g/mol. The summed E-state index contributed by atoms with van der Waals surface area (Å²) < 4.78 is 3.28. The Morgan fingerprint density at radius 1 is 1.19 bits per heavy atom. The molecule has 1 aromatic carbocycles. The first-order chi connectivity index (χ1) is 15.4. The van der Waals surface area contributed by atoms with Crippen LogP contribution in [0, 0.1) is 5.92 Å². The highest BCUT2D eigenvalue weighted by atomic mass is 16.2. The lowest BCUT2D eigenvalue weighted by molar-refractivity contribution is -0.142. The van der Waals surface area contributed by atoms with Gasteiger partial charge in [-0.25, -0.2) is 9.48 Å². The predicted molar refractivity (Wildman–Crippen MR) is 121 cm³/mol. The number of carbonyl (C=O) groups excluding carboxylic acids is 2. The maximum atomic E-state index is 13.1. The number of benzene rings is 1. The minimum atomic E-state index is -0.501. The minimum Gasteiger partial charge on any atom is -0.354 e. The van der Waals surface area contributed by atoms with Crippen LogP contribution in [0.2, 0.25) is 0 Å². The van der Waals surface area contributed by atoms with Crippen molar-refractivity contribution in [1.82, 2.24) is 24.6 Å². The SMILES string of the molecule is CC(C)CC(=O)N1Cc2ccccc2CC1C(=O)NCCCn1nc2n(c1=O)CCCC2. The molecule has 0 saturated heterocycles. The summed E-state index contributed by atoms with van der Waals surface area (Å²) in [5.74, 6) is 0.991. The molecule has 4 rings (SSSR count). The van der Waals surface area contributed by atoms with Gasteiger partial charge in [0.25, 0.3) is 0 Å². The van der Waals surface area contributed by atoms with E-state index in [1.165, 1.54) is 4.68 Å². The molecule has 2 aliphatic rings. The van der Waals surface area contributed by atoms with Crippen LogP contribution < -0.4 is 11.0 Å². The molecule has 1 atom stereocenters. The van der Waals surface area contributed by atoms with Crippen LogP contribution in [0.1, 0.15) is 56.5 Å². The Balaban J connectivity index is 1.37. The van der Waals surface area contributed by atoms with Crippen molar-refractivity contribution in [3.63, 3.8) is 0 Å². The van der Waals surface area contributed by atoms with Crippen LogP contribution in [0.5, 0.6) is 0 Å². The highest BCUT2D eigenvalue weighted by molar-refractivity contribution is 5.88. The molecule has 8 nitrogen and oxygen atoms in total. The summed E-state index contributed by atoms with van der Waals surface area (Å²) in [6.45, 7) is 6.16. The van der Waals surface area contributed by atoms with E-state index in [4.69, 9.17) is 0 Å². The molecule has 0 bridgehead atoms. The third-order valence-electron chi connectivity index (χ3n) is 6.33. The van der Waals surface area contributed by atoms with Gasteiger partial charge >= 0.3 is 5.69 Å². The lowest BCUT2D eigenvalue weighted by Crippen LogP contribution is -2.53. The van der Waals surface area contributed by atoms with Crippen molar-refractivity contribution < 1.29 is 9.59 Å². The number of hydrogen-bond acceptors (Lipinski definition) is 4. The van der Waals surface area contributed by atoms with E-state index in [9.17, 15) is 14.4 Å². The first-order valence-corrected chi connectivity index (χ1v) is 11.7. The number of nitrogens with one attached hydrogen (secondary N) is 1. The van der Waals surface area contributed by atoms with Gasteiger partial charge in [-0.3, -0.25) is 14.2 Å². The molecule has 2 amide bonds. The van der Waals surface area contributed by atoms with E-state index < -0.39 is 6.04 Å². The van der Waals surface area contributed by atoms with E-state index in [0.29, 0.717) is 38.9 Å². The maximum absolute atomic E-state index is 13.1. The van der Waals surface area contributed by atoms with E-state index in [0.717, 1.165) is 42.8 Å². The number of nitrogens with zero attached hydrogens (tertiary/aromatic N) is 4. The number of carbonyl (C=O) groups is 2. The largest absolute Gasteiger partial charge is 0.354 e. The molecule has 3 heterocycles. The van der Waals surface area contributed by atoms with E-state index >= 15 is 0 Å². The fraction of sp³-hybridized carbons (Fsp3) is 0.583. The molecule has 0 spiro atoms. The third kappa shape index (κ3) is 4.79. The zero-order chi connectivity index (χ0) is 22.7. The van der Waals surface area contributed by atoms with Gasteiger partial charge < -0.3 is 10.2 Å². The van der Waals surface area contributed by atoms with Crippen molar-refractivity contribution in [3.05, 3.63) is 51.7 Å². The average Bonchev–Trinajstić information content (AvgIpc) is 3.11. The van der Waals surface area contributed by atoms with Crippen molar-refractivity contribution in [2.75, 3.05) is 6.54 Å². The summed E-state index contributed by atoms with van der Waals surface area (Å²) in [4.78, 5) is 40.1. The molecule has 0 saturated carbocycles. The first kappa shape index (κ1) is 22.3. The van der Waals surface area contributed by atoms with Gasteiger partial charge in [0, 0.05) is 45.4 Å². The maximum Gasteiger partial charge on any atom is 0.345 e. The van der Waals surface area contributed by atoms with Gasteiger partial charge in [-0.15, -0.1) is 0 Å². The lowest BCUT2D eigenvalue weighted by atomic mass is 9.92. The summed E-state index contributed by atoms with van der Waals surface area (Å²) in [5.41, 5.74) is 2.17. The summed E-state index contributed by atoms with van der Waals surface area (Å²) in [5, 5.41) is 7.44. The number of hydrogen-bond donors (Lipinski definition) is 1. The molecule has 0 aliphatic carbocycles. The van der Waals surface area contributed by atoms with Crippen molar-refractivity contribution in [2.24, 2.45) is 5.92 Å². The highest BCUT2D eigenvalue weighted by Crippen LogP contribution is 2.25. The number of aryl methyl sites for hydroxylation is 2. The summed E-state index contributed by atoms with van der Waals surface area (Å²) in [6, 6.07) is 7.51. The zero-order valence-corrected chi connectivity index (χ0v) is 19.0. The first-order valence-electron chi connectivity index (χ1n) is 11.7. The van der Waals surface area contributed by atoms with Gasteiger partial charge in [-0.1, -0.05) is 38.1 Å². The van der Waals surface area contributed by atoms with E-state index in [1.807, 2.05) is 38.1 Å². The number of rotatable bonds is 7. The van der Waals surface area contributed by atoms with Crippen LogP contribution in [-0.2, 0) is 42.1 Å². The number of aromatic nitrogens is 3. The Kier molecular flexibility index (Phi) is 6.77. The molecular formula is C24H33N5O3. The molecule has 1 aromatic heterocycles. The molecule has 1 N–H and O–H groups in total. The van der Waals surface area contributed by atoms with Crippen LogP contribution in [0.4, 0.5) is 0 Å². The number of fused-ring (bicyclic) bond motifs is 2. The quantitative estimate of drug-likeness (QED) is 0.667. The normalized spacial score (nSPS) is 17.7. The third-order valence-corrected chi connectivity index (χ3v) is 6.33. The van der Waals surface area contributed by atoms with Crippen LogP contribution >= 0.6 is 0 Å². The van der Waals surface area contributed by atoms with Gasteiger partial charge in [0.15, 0.2) is 0 Å².